The zero-order valence-corrected chi connectivity index (χ0v) is 22.2. The van der Waals surface area contributed by atoms with Gasteiger partial charge in [-0.15, -0.1) is 0 Å². The van der Waals surface area contributed by atoms with Crippen LogP contribution in [0.5, 0.6) is 11.5 Å². The Morgan fingerprint density at radius 1 is 0.919 bits per heavy atom. The molecule has 2 unspecified atom stereocenters. The van der Waals surface area contributed by atoms with Gasteiger partial charge in [-0.1, -0.05) is 0 Å². The number of ether oxygens (including phenoxy) is 3. The summed E-state index contributed by atoms with van der Waals surface area (Å²) in [7, 11) is 5.98. The summed E-state index contributed by atoms with van der Waals surface area (Å²) < 4.78 is 16.3. The minimum absolute atomic E-state index is 0.0203. The van der Waals surface area contributed by atoms with Crippen LogP contribution in [0.3, 0.4) is 0 Å². The highest BCUT2D eigenvalue weighted by molar-refractivity contribution is 5.72. The minimum Gasteiger partial charge on any atom is -0.410 e. The van der Waals surface area contributed by atoms with Crippen molar-refractivity contribution in [2.24, 2.45) is 0 Å². The SMILES string of the molecule is CN(C)C(=O)Oc1cc(OC(=O)N(C)C)cc(C(O)CN(C2O[C@H](CO)[C@@H](O)[C@H](O)[C@H]2O)C(C)(C)C)c1. The van der Waals surface area contributed by atoms with E-state index in [1.807, 2.05) is 0 Å². The summed E-state index contributed by atoms with van der Waals surface area (Å²) in [5, 5.41) is 51.9. The van der Waals surface area contributed by atoms with Gasteiger partial charge in [-0.2, -0.15) is 0 Å². The fourth-order valence-electron chi connectivity index (χ4n) is 3.68. The normalized spacial score (nSPS) is 24.9. The second-order valence-electron chi connectivity index (χ2n) is 10.3. The standard InChI is InChI=1S/C24H39N3O10/c1-24(2,3)27(21-20(32)19(31)18(30)17(12-28)37-21)11-16(29)13-8-14(35-22(33)25(4)5)10-15(9-13)36-23(34)26(6)7/h8-10,16-21,28-32H,11-12H2,1-7H3/t16?,17-,18-,19+,20-,21?/m1/s1. The van der Waals surface area contributed by atoms with Crippen molar-refractivity contribution in [2.45, 2.75) is 63.1 Å². The minimum atomic E-state index is -1.59. The van der Waals surface area contributed by atoms with Crippen molar-refractivity contribution in [1.29, 1.82) is 0 Å². The van der Waals surface area contributed by atoms with Crippen molar-refractivity contribution in [2.75, 3.05) is 41.3 Å². The van der Waals surface area contributed by atoms with Gasteiger partial charge in [0.1, 0.15) is 42.1 Å². The van der Waals surface area contributed by atoms with Crippen LogP contribution in [-0.4, -0.2) is 130 Å². The molecule has 0 aliphatic carbocycles. The topological polar surface area (TPSA) is 173 Å². The average molecular weight is 530 g/mol. The monoisotopic (exact) mass is 529 g/mol. The number of β-amino-alcohol motifs (C(OH)–C–C–N with tert-alkyl or cyclic N) is 1. The number of carbonyl (C=O) groups is 2. The summed E-state index contributed by atoms with van der Waals surface area (Å²) in [6.45, 7) is 4.63. The van der Waals surface area contributed by atoms with E-state index in [9.17, 15) is 35.1 Å². The molecule has 0 aromatic heterocycles. The third-order valence-corrected chi connectivity index (χ3v) is 5.83. The molecule has 1 aliphatic heterocycles. The van der Waals surface area contributed by atoms with E-state index in [1.54, 1.807) is 25.7 Å². The van der Waals surface area contributed by atoms with Gasteiger partial charge in [-0.05, 0) is 38.5 Å². The molecule has 0 bridgehead atoms. The molecule has 1 fully saturated rings. The molecule has 1 aliphatic rings. The highest BCUT2D eigenvalue weighted by Gasteiger charge is 2.48. The maximum Gasteiger partial charge on any atom is 0.414 e. The Labute approximate surface area is 216 Å². The van der Waals surface area contributed by atoms with Gasteiger partial charge >= 0.3 is 12.2 Å². The fraction of sp³-hybridized carbons (Fsp3) is 0.667. The van der Waals surface area contributed by atoms with Crippen molar-refractivity contribution in [1.82, 2.24) is 14.7 Å². The molecule has 1 aromatic carbocycles. The van der Waals surface area contributed by atoms with Crippen LogP contribution in [0, 0.1) is 0 Å². The smallest absolute Gasteiger partial charge is 0.410 e. The first-order valence-corrected chi connectivity index (χ1v) is 11.7. The second-order valence-corrected chi connectivity index (χ2v) is 10.3. The van der Waals surface area contributed by atoms with Crippen molar-refractivity contribution >= 4 is 12.2 Å². The Bertz CT molecular complexity index is 894. The van der Waals surface area contributed by atoms with Crippen molar-refractivity contribution in [3.8, 4) is 11.5 Å². The summed E-state index contributed by atoms with van der Waals surface area (Å²) in [6.07, 6.45) is -9.64. The van der Waals surface area contributed by atoms with Gasteiger partial charge < -0.3 is 49.5 Å². The third-order valence-electron chi connectivity index (χ3n) is 5.83. The first-order chi connectivity index (χ1) is 17.1. The number of nitrogens with zero attached hydrogens (tertiary/aromatic N) is 3. The zero-order valence-electron chi connectivity index (χ0n) is 22.2. The summed E-state index contributed by atoms with van der Waals surface area (Å²) in [4.78, 5) is 28.2. The molecular formula is C24H39N3O10. The molecule has 2 amide bonds. The van der Waals surface area contributed by atoms with E-state index in [0.717, 1.165) is 0 Å². The van der Waals surface area contributed by atoms with E-state index in [-0.39, 0.29) is 23.6 Å². The molecule has 0 saturated carbocycles. The number of benzene rings is 1. The predicted octanol–water partition coefficient (Wildman–Crippen LogP) is -0.259. The van der Waals surface area contributed by atoms with Crippen molar-refractivity contribution in [3.63, 3.8) is 0 Å². The zero-order chi connectivity index (χ0) is 28.2. The molecule has 0 radical (unpaired) electrons. The van der Waals surface area contributed by atoms with Gasteiger partial charge in [0.05, 0.1) is 12.7 Å². The summed E-state index contributed by atoms with van der Waals surface area (Å²) in [6, 6.07) is 4.15. The summed E-state index contributed by atoms with van der Waals surface area (Å²) in [5.41, 5.74) is -0.506. The number of amides is 2. The molecular weight excluding hydrogens is 490 g/mol. The van der Waals surface area contributed by atoms with Crippen LogP contribution in [0.1, 0.15) is 32.4 Å². The Morgan fingerprint density at radius 3 is 1.81 bits per heavy atom. The van der Waals surface area contributed by atoms with Gasteiger partial charge in [0, 0.05) is 46.3 Å². The predicted molar refractivity (Wildman–Crippen MR) is 131 cm³/mol. The lowest BCUT2D eigenvalue weighted by Gasteiger charge is -2.49. The molecule has 37 heavy (non-hydrogen) atoms. The number of hydrogen-bond donors (Lipinski definition) is 5. The fourth-order valence-corrected chi connectivity index (χ4v) is 3.68. The molecule has 1 aromatic rings. The van der Waals surface area contributed by atoms with E-state index in [2.05, 4.69) is 0 Å². The largest absolute Gasteiger partial charge is 0.414 e. The molecule has 1 heterocycles. The van der Waals surface area contributed by atoms with E-state index in [1.165, 1.54) is 56.2 Å². The molecule has 2 rings (SSSR count). The van der Waals surface area contributed by atoms with Crippen LogP contribution in [0.25, 0.3) is 0 Å². The van der Waals surface area contributed by atoms with Gasteiger partial charge in [-0.25, -0.2) is 9.59 Å². The Hall–Kier alpha value is -2.52. The number of aliphatic hydroxyl groups is 5. The van der Waals surface area contributed by atoms with Crippen molar-refractivity contribution in [3.05, 3.63) is 23.8 Å². The molecule has 5 N–H and O–H groups in total. The van der Waals surface area contributed by atoms with E-state index in [0.29, 0.717) is 0 Å². The molecule has 6 atom stereocenters. The van der Waals surface area contributed by atoms with Crippen LogP contribution < -0.4 is 9.47 Å². The third kappa shape index (κ3) is 7.74. The Balaban J connectivity index is 2.42. The van der Waals surface area contributed by atoms with Crippen LogP contribution in [0.15, 0.2) is 18.2 Å². The lowest BCUT2D eigenvalue weighted by atomic mass is 9.94. The highest BCUT2D eigenvalue weighted by atomic mass is 16.6. The summed E-state index contributed by atoms with van der Waals surface area (Å²) in [5.74, 6) is 0.0407. The summed E-state index contributed by atoms with van der Waals surface area (Å²) >= 11 is 0. The first kappa shape index (κ1) is 30.7. The van der Waals surface area contributed by atoms with Gasteiger partial charge in [0.25, 0.3) is 0 Å². The molecule has 0 spiro atoms. The maximum atomic E-state index is 12.1. The molecule has 210 valence electrons. The maximum absolute atomic E-state index is 12.1. The molecule has 1 saturated heterocycles. The van der Waals surface area contributed by atoms with E-state index < -0.39 is 61.1 Å². The Morgan fingerprint density at radius 2 is 1.41 bits per heavy atom. The van der Waals surface area contributed by atoms with Gasteiger partial charge in [-0.3, -0.25) is 4.90 Å². The number of rotatable bonds is 7. The van der Waals surface area contributed by atoms with Crippen LogP contribution in [-0.2, 0) is 4.74 Å². The second kappa shape index (κ2) is 12.3. The number of aliphatic hydroxyl groups excluding tert-OH is 5. The van der Waals surface area contributed by atoms with Crippen LogP contribution >= 0.6 is 0 Å². The van der Waals surface area contributed by atoms with Gasteiger partial charge in [0.2, 0.25) is 0 Å². The van der Waals surface area contributed by atoms with E-state index in [4.69, 9.17) is 14.2 Å². The quantitative estimate of drug-likeness (QED) is 0.315. The number of carbonyl (C=O) groups excluding carboxylic acids is 2. The average Bonchev–Trinajstić information content (AvgIpc) is 2.80. The van der Waals surface area contributed by atoms with Gasteiger partial charge in [0.15, 0.2) is 0 Å². The Kier molecular flexibility index (Phi) is 10.2. The van der Waals surface area contributed by atoms with Crippen LogP contribution in [0.2, 0.25) is 0 Å². The van der Waals surface area contributed by atoms with Crippen LogP contribution in [0.4, 0.5) is 9.59 Å². The molecule has 13 heteroatoms. The first-order valence-electron chi connectivity index (χ1n) is 11.7. The molecule has 13 nitrogen and oxygen atoms in total. The lowest BCUT2D eigenvalue weighted by molar-refractivity contribution is -0.277. The number of hydrogen-bond acceptors (Lipinski definition) is 11. The van der Waals surface area contributed by atoms with Crippen molar-refractivity contribution < 1.29 is 49.3 Å². The lowest BCUT2D eigenvalue weighted by Crippen LogP contribution is -2.66. The highest BCUT2D eigenvalue weighted by Crippen LogP contribution is 2.33. The van der Waals surface area contributed by atoms with E-state index >= 15 is 0 Å².